The summed E-state index contributed by atoms with van der Waals surface area (Å²) in [5, 5.41) is 0.382. The summed E-state index contributed by atoms with van der Waals surface area (Å²) in [4.78, 5) is 19.0. The van der Waals surface area contributed by atoms with E-state index >= 15 is 0 Å². The first-order valence-electron chi connectivity index (χ1n) is 9.35. The van der Waals surface area contributed by atoms with Crippen LogP contribution in [-0.4, -0.2) is 28.9 Å². The fraction of sp³-hybridized carbons (Fsp3) is 0.429. The second-order valence-electron chi connectivity index (χ2n) is 6.88. The van der Waals surface area contributed by atoms with Gasteiger partial charge in [0.15, 0.2) is 0 Å². The van der Waals surface area contributed by atoms with Crippen LogP contribution in [0.25, 0.3) is 0 Å². The van der Waals surface area contributed by atoms with Crippen LogP contribution in [0.5, 0.6) is 0 Å². The van der Waals surface area contributed by atoms with Crippen molar-refractivity contribution < 1.29 is 4.79 Å². The van der Waals surface area contributed by atoms with E-state index in [2.05, 4.69) is 30.1 Å². The zero-order chi connectivity index (χ0) is 18.5. The number of benzene rings is 1. The maximum Gasteiger partial charge on any atom is 0.254 e. The number of nitrogens with two attached hydrogens (primary N) is 1. The summed E-state index contributed by atoms with van der Waals surface area (Å²) in [7, 11) is 0. The third kappa shape index (κ3) is 4.08. The van der Waals surface area contributed by atoms with E-state index in [0.29, 0.717) is 17.6 Å². The number of halogens is 1. The Morgan fingerprint density at radius 3 is 2.77 bits per heavy atom. The molecule has 2 N–H and O–H groups in total. The zero-order valence-electron chi connectivity index (χ0n) is 15.2. The molecule has 138 valence electrons. The molecule has 1 unspecified atom stereocenters. The van der Waals surface area contributed by atoms with Crippen molar-refractivity contribution in [2.24, 2.45) is 5.73 Å². The first kappa shape index (κ1) is 18.9. The van der Waals surface area contributed by atoms with Gasteiger partial charge in [-0.2, -0.15) is 0 Å². The topological polar surface area (TPSA) is 59.2 Å². The van der Waals surface area contributed by atoms with Crippen molar-refractivity contribution in [3.8, 4) is 0 Å². The van der Waals surface area contributed by atoms with Crippen LogP contribution >= 0.6 is 11.6 Å². The summed E-state index contributed by atoms with van der Waals surface area (Å²) in [6.07, 6.45) is 5.78. The Morgan fingerprint density at radius 2 is 2.04 bits per heavy atom. The highest BCUT2D eigenvalue weighted by molar-refractivity contribution is 6.29. The number of carbonyl (C=O) groups is 1. The number of hydrogen-bond acceptors (Lipinski definition) is 3. The molecule has 0 saturated heterocycles. The highest BCUT2D eigenvalue weighted by Gasteiger charge is 2.30. The molecule has 2 heterocycles. The number of aryl methyl sites for hydroxylation is 1. The SMILES string of the molecule is CCC1CN(CCCCc2ccccc2CN)C(=O)c2cc(Cl)ncc21. The zero-order valence-corrected chi connectivity index (χ0v) is 16.0. The van der Waals surface area contributed by atoms with Gasteiger partial charge in [-0.1, -0.05) is 42.8 Å². The quantitative estimate of drug-likeness (QED) is 0.587. The Morgan fingerprint density at radius 1 is 1.27 bits per heavy atom. The van der Waals surface area contributed by atoms with Crippen molar-refractivity contribution in [3.63, 3.8) is 0 Å². The molecule has 3 rings (SSSR count). The summed E-state index contributed by atoms with van der Waals surface area (Å²) < 4.78 is 0. The Balaban J connectivity index is 1.61. The minimum Gasteiger partial charge on any atom is -0.338 e. The number of fused-ring (bicyclic) bond motifs is 1. The lowest BCUT2D eigenvalue weighted by atomic mass is 9.89. The van der Waals surface area contributed by atoms with E-state index in [9.17, 15) is 4.79 Å². The molecule has 0 spiro atoms. The van der Waals surface area contributed by atoms with Crippen molar-refractivity contribution in [1.82, 2.24) is 9.88 Å². The summed E-state index contributed by atoms with van der Waals surface area (Å²) in [6.45, 7) is 4.27. The van der Waals surface area contributed by atoms with E-state index < -0.39 is 0 Å². The number of pyridine rings is 1. The van der Waals surface area contributed by atoms with E-state index in [4.69, 9.17) is 17.3 Å². The largest absolute Gasteiger partial charge is 0.338 e. The monoisotopic (exact) mass is 371 g/mol. The van der Waals surface area contributed by atoms with Crippen LogP contribution in [0.2, 0.25) is 5.15 Å². The molecule has 2 aromatic rings. The van der Waals surface area contributed by atoms with E-state index in [0.717, 1.165) is 49.9 Å². The number of aromatic nitrogens is 1. The molecule has 1 aromatic carbocycles. The van der Waals surface area contributed by atoms with Crippen molar-refractivity contribution in [1.29, 1.82) is 0 Å². The van der Waals surface area contributed by atoms with Gasteiger partial charge in [-0.05, 0) is 48.4 Å². The van der Waals surface area contributed by atoms with Crippen LogP contribution in [-0.2, 0) is 13.0 Å². The van der Waals surface area contributed by atoms with Gasteiger partial charge in [0.25, 0.3) is 5.91 Å². The standard InChI is InChI=1S/C21H26ClN3O/c1-2-15-14-25(21(26)18-11-20(22)24-13-19(15)18)10-6-5-8-16-7-3-4-9-17(16)12-23/h3-4,7,9,11,13,15H,2,5-6,8,10,12,14,23H2,1H3. The molecule has 1 amide bonds. The van der Waals surface area contributed by atoms with Crippen LogP contribution in [0.3, 0.4) is 0 Å². The van der Waals surface area contributed by atoms with E-state index in [-0.39, 0.29) is 5.91 Å². The maximum absolute atomic E-state index is 12.8. The predicted octanol–water partition coefficient (Wildman–Crippen LogP) is 4.17. The average Bonchev–Trinajstić information content (AvgIpc) is 2.67. The van der Waals surface area contributed by atoms with Gasteiger partial charge in [-0.25, -0.2) is 4.98 Å². The fourth-order valence-electron chi connectivity index (χ4n) is 3.73. The van der Waals surface area contributed by atoms with Crippen LogP contribution in [0.15, 0.2) is 36.5 Å². The van der Waals surface area contributed by atoms with Gasteiger partial charge in [0.05, 0.1) is 0 Å². The Labute approximate surface area is 160 Å². The smallest absolute Gasteiger partial charge is 0.254 e. The van der Waals surface area contributed by atoms with Crippen molar-refractivity contribution in [3.05, 3.63) is 63.9 Å². The molecular formula is C21H26ClN3O. The van der Waals surface area contributed by atoms with Crippen LogP contribution < -0.4 is 5.73 Å². The number of hydrogen-bond donors (Lipinski definition) is 1. The molecule has 4 nitrogen and oxygen atoms in total. The minimum absolute atomic E-state index is 0.0800. The van der Waals surface area contributed by atoms with Gasteiger partial charge in [0, 0.05) is 37.3 Å². The number of rotatable bonds is 7. The van der Waals surface area contributed by atoms with Gasteiger partial charge in [0.1, 0.15) is 5.15 Å². The first-order chi connectivity index (χ1) is 12.6. The Kier molecular flexibility index (Phi) is 6.28. The molecule has 0 aliphatic carbocycles. The van der Waals surface area contributed by atoms with Gasteiger partial charge in [0.2, 0.25) is 0 Å². The summed E-state index contributed by atoms with van der Waals surface area (Å²) in [5.74, 6) is 0.418. The van der Waals surface area contributed by atoms with Crippen molar-refractivity contribution in [2.75, 3.05) is 13.1 Å². The summed E-state index contributed by atoms with van der Waals surface area (Å²) in [6, 6.07) is 10.0. The molecule has 1 aromatic heterocycles. The minimum atomic E-state index is 0.0800. The van der Waals surface area contributed by atoms with Crippen molar-refractivity contribution >= 4 is 17.5 Å². The molecule has 0 fully saturated rings. The molecule has 0 radical (unpaired) electrons. The molecular weight excluding hydrogens is 346 g/mol. The highest BCUT2D eigenvalue weighted by Crippen LogP contribution is 2.31. The second kappa shape index (κ2) is 8.65. The number of unbranched alkanes of at least 4 members (excludes halogenated alkanes) is 1. The Hall–Kier alpha value is -1.91. The van der Waals surface area contributed by atoms with Gasteiger partial charge < -0.3 is 10.6 Å². The lowest BCUT2D eigenvalue weighted by molar-refractivity contribution is 0.0716. The third-order valence-electron chi connectivity index (χ3n) is 5.25. The van der Waals surface area contributed by atoms with Crippen molar-refractivity contribution in [2.45, 2.75) is 45.1 Å². The number of amides is 1. The molecule has 26 heavy (non-hydrogen) atoms. The predicted molar refractivity (Wildman–Crippen MR) is 105 cm³/mol. The molecule has 1 atom stereocenters. The number of carbonyl (C=O) groups excluding carboxylic acids is 1. The first-order valence-corrected chi connectivity index (χ1v) is 9.73. The second-order valence-corrected chi connectivity index (χ2v) is 7.27. The maximum atomic E-state index is 12.8. The lowest BCUT2D eigenvalue weighted by Crippen LogP contribution is -2.40. The molecule has 5 heteroatoms. The third-order valence-corrected chi connectivity index (χ3v) is 5.46. The molecule has 0 saturated carbocycles. The molecule has 1 aliphatic heterocycles. The van der Waals surface area contributed by atoms with Crippen LogP contribution in [0.4, 0.5) is 0 Å². The van der Waals surface area contributed by atoms with E-state index in [1.165, 1.54) is 11.1 Å². The average molecular weight is 372 g/mol. The number of nitrogens with zero attached hydrogens (tertiary/aromatic N) is 2. The molecule has 0 bridgehead atoms. The van der Waals surface area contributed by atoms with Gasteiger partial charge >= 0.3 is 0 Å². The van der Waals surface area contributed by atoms with Gasteiger partial charge in [-0.15, -0.1) is 0 Å². The highest BCUT2D eigenvalue weighted by atomic mass is 35.5. The van der Waals surface area contributed by atoms with E-state index in [1.54, 1.807) is 12.3 Å². The lowest BCUT2D eigenvalue weighted by Gasteiger charge is -2.34. The molecule has 1 aliphatic rings. The summed E-state index contributed by atoms with van der Waals surface area (Å²) >= 11 is 6.01. The van der Waals surface area contributed by atoms with E-state index in [1.807, 2.05) is 11.0 Å². The van der Waals surface area contributed by atoms with Crippen LogP contribution in [0.1, 0.15) is 59.2 Å². The normalized spacial score (nSPS) is 16.7. The van der Waals surface area contributed by atoms with Gasteiger partial charge in [-0.3, -0.25) is 4.79 Å². The van der Waals surface area contributed by atoms with Crippen LogP contribution in [0, 0.1) is 0 Å². The Bertz CT molecular complexity index is 778. The summed E-state index contributed by atoms with van der Waals surface area (Å²) in [5.41, 5.74) is 10.1. The fourth-order valence-corrected chi connectivity index (χ4v) is 3.89.